The average molecular weight is 246 g/mol. The Balaban J connectivity index is 2.30. The van der Waals surface area contributed by atoms with Crippen LogP contribution >= 0.6 is 0 Å². The molecule has 0 aromatic carbocycles. The topological polar surface area (TPSA) is 53.6 Å². The minimum atomic E-state index is -0.450. The Labute approximate surface area is 109 Å². The monoisotopic (exact) mass is 246 g/mol. The summed E-state index contributed by atoms with van der Waals surface area (Å²) in [5.74, 6) is 0.474. The van der Waals surface area contributed by atoms with E-state index >= 15 is 0 Å². The number of rotatable bonds is 5. The van der Waals surface area contributed by atoms with Gasteiger partial charge in [-0.15, -0.1) is 0 Å². The summed E-state index contributed by atoms with van der Waals surface area (Å²) < 4.78 is 2.01. The van der Waals surface area contributed by atoms with Crippen LogP contribution in [0.1, 0.15) is 36.7 Å². The van der Waals surface area contributed by atoms with E-state index in [1.807, 2.05) is 18.7 Å². The lowest BCUT2D eigenvalue weighted by atomic mass is 9.95. The van der Waals surface area contributed by atoms with Crippen LogP contribution in [0.25, 0.3) is 0 Å². The molecule has 1 unspecified atom stereocenters. The van der Waals surface area contributed by atoms with Crippen molar-refractivity contribution in [2.24, 2.45) is 5.92 Å². The lowest BCUT2D eigenvalue weighted by molar-refractivity contribution is 0.322. The molecule has 1 aromatic heterocycles. The summed E-state index contributed by atoms with van der Waals surface area (Å²) in [7, 11) is 1.88. The van der Waals surface area contributed by atoms with Gasteiger partial charge < -0.3 is 5.32 Å². The lowest BCUT2D eigenvalue weighted by Crippen LogP contribution is -2.48. The second kappa shape index (κ2) is 4.74. The van der Waals surface area contributed by atoms with Crippen molar-refractivity contribution in [3.05, 3.63) is 17.0 Å². The quantitative estimate of drug-likeness (QED) is 0.864. The fraction of sp³-hybridized carbons (Fsp3) is 0.714. The van der Waals surface area contributed by atoms with Crippen molar-refractivity contribution in [3.63, 3.8) is 0 Å². The van der Waals surface area contributed by atoms with E-state index in [0.717, 1.165) is 25.0 Å². The lowest BCUT2D eigenvalue weighted by Gasteiger charge is -2.26. The van der Waals surface area contributed by atoms with Gasteiger partial charge >= 0.3 is 0 Å². The Kier molecular flexibility index (Phi) is 3.45. The second-order valence-corrected chi connectivity index (χ2v) is 5.27. The zero-order valence-electron chi connectivity index (χ0n) is 11.7. The van der Waals surface area contributed by atoms with Gasteiger partial charge in [0.1, 0.15) is 5.54 Å². The van der Waals surface area contributed by atoms with Crippen LogP contribution < -0.4 is 5.32 Å². The first-order chi connectivity index (χ1) is 8.57. The molecule has 1 heterocycles. The number of hydrogen-bond donors (Lipinski definition) is 1. The van der Waals surface area contributed by atoms with Crippen molar-refractivity contribution in [1.29, 1.82) is 5.26 Å². The molecule has 18 heavy (non-hydrogen) atoms. The van der Waals surface area contributed by atoms with E-state index in [9.17, 15) is 5.26 Å². The third-order valence-electron chi connectivity index (χ3n) is 4.20. The molecule has 0 spiro atoms. The molecule has 0 aliphatic heterocycles. The maximum Gasteiger partial charge on any atom is 0.129 e. The van der Waals surface area contributed by atoms with Crippen LogP contribution in [-0.4, -0.2) is 22.4 Å². The number of nitrogens with one attached hydrogen (secondary N) is 1. The Bertz CT molecular complexity index is 479. The molecular formula is C14H22N4. The highest BCUT2D eigenvalue weighted by molar-refractivity contribution is 5.25. The third kappa shape index (κ3) is 2.04. The van der Waals surface area contributed by atoms with Crippen LogP contribution in [0.2, 0.25) is 0 Å². The van der Waals surface area contributed by atoms with Crippen molar-refractivity contribution >= 4 is 0 Å². The molecule has 0 radical (unpaired) electrons. The highest BCUT2D eigenvalue weighted by Gasteiger charge is 2.45. The number of aromatic nitrogens is 2. The number of hydrogen-bond acceptors (Lipinski definition) is 3. The molecule has 2 rings (SSSR count). The smallest absolute Gasteiger partial charge is 0.129 e. The van der Waals surface area contributed by atoms with Crippen LogP contribution in [0, 0.1) is 31.1 Å². The van der Waals surface area contributed by atoms with E-state index in [0.29, 0.717) is 12.5 Å². The van der Waals surface area contributed by atoms with Crippen LogP contribution in [0.3, 0.4) is 0 Å². The van der Waals surface area contributed by atoms with Gasteiger partial charge in [-0.25, -0.2) is 0 Å². The fourth-order valence-corrected chi connectivity index (χ4v) is 2.81. The Morgan fingerprint density at radius 2 is 2.17 bits per heavy atom. The molecule has 0 saturated heterocycles. The van der Waals surface area contributed by atoms with Crippen molar-refractivity contribution < 1.29 is 0 Å². The standard InChI is InChI=1S/C14H22N4/c1-5-13-10(2)17-18(11(13)3)9-14(8-15,16-4)12-6-7-12/h12,16H,5-7,9H2,1-4H3. The summed E-state index contributed by atoms with van der Waals surface area (Å²) in [5, 5.41) is 17.3. The van der Waals surface area contributed by atoms with Gasteiger partial charge in [0.15, 0.2) is 0 Å². The minimum absolute atomic E-state index is 0.450. The van der Waals surface area contributed by atoms with Gasteiger partial charge in [0, 0.05) is 5.69 Å². The second-order valence-electron chi connectivity index (χ2n) is 5.27. The van der Waals surface area contributed by atoms with E-state index < -0.39 is 5.54 Å². The molecule has 1 fully saturated rings. The normalized spacial score (nSPS) is 18.4. The minimum Gasteiger partial charge on any atom is -0.301 e. The van der Waals surface area contributed by atoms with Gasteiger partial charge in [-0.3, -0.25) is 4.68 Å². The molecule has 1 atom stereocenters. The summed E-state index contributed by atoms with van der Waals surface area (Å²) in [6.45, 7) is 6.95. The van der Waals surface area contributed by atoms with Crippen molar-refractivity contribution in [2.75, 3.05) is 7.05 Å². The summed E-state index contributed by atoms with van der Waals surface area (Å²) in [6.07, 6.45) is 3.29. The van der Waals surface area contributed by atoms with Crippen molar-refractivity contribution in [1.82, 2.24) is 15.1 Å². The van der Waals surface area contributed by atoms with Crippen LogP contribution in [0.15, 0.2) is 0 Å². The SMILES string of the molecule is CCc1c(C)nn(CC(C#N)(NC)C2CC2)c1C. The summed E-state index contributed by atoms with van der Waals surface area (Å²) >= 11 is 0. The summed E-state index contributed by atoms with van der Waals surface area (Å²) in [5.41, 5.74) is 3.15. The molecule has 1 N–H and O–H groups in total. The summed E-state index contributed by atoms with van der Waals surface area (Å²) in [4.78, 5) is 0. The van der Waals surface area contributed by atoms with Gasteiger partial charge in [0.05, 0.1) is 18.3 Å². The molecular weight excluding hydrogens is 224 g/mol. The maximum atomic E-state index is 9.52. The van der Waals surface area contributed by atoms with Gasteiger partial charge in [0.2, 0.25) is 0 Å². The van der Waals surface area contributed by atoms with Crippen LogP contribution in [-0.2, 0) is 13.0 Å². The van der Waals surface area contributed by atoms with Crippen molar-refractivity contribution in [2.45, 2.75) is 52.1 Å². The Morgan fingerprint density at radius 3 is 2.56 bits per heavy atom. The number of nitriles is 1. The van der Waals surface area contributed by atoms with Gasteiger partial charge in [-0.05, 0) is 51.6 Å². The van der Waals surface area contributed by atoms with E-state index in [-0.39, 0.29) is 0 Å². The molecule has 1 aliphatic rings. The first-order valence-corrected chi connectivity index (χ1v) is 6.71. The zero-order chi connectivity index (χ0) is 13.3. The highest BCUT2D eigenvalue weighted by Crippen LogP contribution is 2.40. The van der Waals surface area contributed by atoms with Crippen molar-refractivity contribution in [3.8, 4) is 6.07 Å². The van der Waals surface area contributed by atoms with Crippen LogP contribution in [0.5, 0.6) is 0 Å². The predicted octanol–water partition coefficient (Wildman–Crippen LogP) is 1.95. The van der Waals surface area contributed by atoms with Gasteiger partial charge in [0.25, 0.3) is 0 Å². The van der Waals surface area contributed by atoms with Gasteiger partial charge in [-0.2, -0.15) is 10.4 Å². The number of nitrogens with zero attached hydrogens (tertiary/aromatic N) is 3. The van der Waals surface area contributed by atoms with E-state index in [1.54, 1.807) is 0 Å². The molecule has 1 aliphatic carbocycles. The average Bonchev–Trinajstić information content (AvgIpc) is 3.16. The first kappa shape index (κ1) is 13.1. The molecule has 0 amide bonds. The number of aryl methyl sites for hydroxylation is 1. The van der Waals surface area contributed by atoms with E-state index in [4.69, 9.17) is 0 Å². The highest BCUT2D eigenvalue weighted by atomic mass is 15.3. The molecule has 1 saturated carbocycles. The Morgan fingerprint density at radius 1 is 1.50 bits per heavy atom. The predicted molar refractivity (Wildman–Crippen MR) is 71.2 cm³/mol. The largest absolute Gasteiger partial charge is 0.301 e. The summed E-state index contributed by atoms with van der Waals surface area (Å²) in [6, 6.07) is 2.48. The molecule has 4 heteroatoms. The molecule has 1 aromatic rings. The fourth-order valence-electron chi connectivity index (χ4n) is 2.81. The van der Waals surface area contributed by atoms with E-state index in [2.05, 4.69) is 30.3 Å². The number of likely N-dealkylation sites (N-methyl/N-ethyl adjacent to an activating group) is 1. The molecule has 0 bridgehead atoms. The molecule has 98 valence electrons. The molecule has 4 nitrogen and oxygen atoms in total. The first-order valence-electron chi connectivity index (χ1n) is 6.71. The zero-order valence-corrected chi connectivity index (χ0v) is 11.7. The Hall–Kier alpha value is -1.34. The van der Waals surface area contributed by atoms with Crippen LogP contribution in [0.4, 0.5) is 0 Å². The third-order valence-corrected chi connectivity index (χ3v) is 4.20. The maximum absolute atomic E-state index is 9.52. The van der Waals surface area contributed by atoms with E-state index in [1.165, 1.54) is 11.3 Å². The van der Waals surface area contributed by atoms with Gasteiger partial charge in [-0.1, -0.05) is 6.92 Å².